The molecule has 3 aromatic heterocycles. The minimum Gasteiger partial charge on any atom is -0.332 e. The number of halogens is 2. The number of nitrogens with zero attached hydrogens (tertiary/aromatic N) is 3. The van der Waals surface area contributed by atoms with E-state index in [1.165, 1.54) is 17.7 Å². The standard InChI is InChI=1S/C13H10ClN5OS.ClH/c14-8-1-4-21-12(8)10-7(5-16)9-11(19(10)3-2-15)13(20)18-6-17-9;/h1,4,6H,2-3,15H2,(H,17,18,20);1H. The van der Waals surface area contributed by atoms with Crippen molar-refractivity contribution in [2.24, 2.45) is 5.73 Å². The second-order valence-corrected chi connectivity index (χ2v) is 5.63. The van der Waals surface area contributed by atoms with Gasteiger partial charge in [0.25, 0.3) is 5.56 Å². The normalized spacial score (nSPS) is 10.4. The van der Waals surface area contributed by atoms with E-state index in [-0.39, 0.29) is 18.0 Å². The van der Waals surface area contributed by atoms with Crippen LogP contribution in [0.3, 0.4) is 0 Å². The molecule has 3 N–H and O–H groups in total. The Morgan fingerprint density at radius 1 is 1.55 bits per heavy atom. The number of rotatable bonds is 3. The Balaban J connectivity index is 0.00000176. The molecule has 3 aromatic rings. The average Bonchev–Trinajstić information content (AvgIpc) is 3.01. The van der Waals surface area contributed by atoms with Gasteiger partial charge in [0.15, 0.2) is 0 Å². The molecule has 0 amide bonds. The minimum absolute atomic E-state index is 0. The van der Waals surface area contributed by atoms with Crippen LogP contribution in [0, 0.1) is 11.3 Å². The van der Waals surface area contributed by atoms with Crippen molar-refractivity contribution >= 4 is 46.4 Å². The molecule has 0 saturated heterocycles. The molecule has 0 bridgehead atoms. The van der Waals surface area contributed by atoms with Crippen LogP contribution in [0.2, 0.25) is 5.02 Å². The highest BCUT2D eigenvalue weighted by atomic mass is 35.5. The van der Waals surface area contributed by atoms with E-state index in [1.807, 2.05) is 5.38 Å². The number of nitrogens with two attached hydrogens (primary N) is 1. The molecular weight excluding hydrogens is 345 g/mol. The number of thiophene rings is 1. The van der Waals surface area contributed by atoms with Gasteiger partial charge < -0.3 is 15.3 Å². The summed E-state index contributed by atoms with van der Waals surface area (Å²) in [6.07, 6.45) is 1.29. The topological polar surface area (TPSA) is 100 Å². The fraction of sp³-hybridized carbons (Fsp3) is 0.154. The summed E-state index contributed by atoms with van der Waals surface area (Å²) in [5, 5.41) is 11.9. The molecule has 0 spiro atoms. The summed E-state index contributed by atoms with van der Waals surface area (Å²) in [6, 6.07) is 3.89. The van der Waals surface area contributed by atoms with Crippen LogP contribution in [0.1, 0.15) is 5.56 Å². The van der Waals surface area contributed by atoms with Crippen molar-refractivity contribution in [2.75, 3.05) is 6.54 Å². The van der Waals surface area contributed by atoms with Crippen LogP contribution in [0.25, 0.3) is 21.6 Å². The van der Waals surface area contributed by atoms with Crippen molar-refractivity contribution in [2.45, 2.75) is 6.54 Å². The molecule has 22 heavy (non-hydrogen) atoms. The van der Waals surface area contributed by atoms with E-state index in [4.69, 9.17) is 17.3 Å². The van der Waals surface area contributed by atoms with Gasteiger partial charge in [-0.2, -0.15) is 5.26 Å². The largest absolute Gasteiger partial charge is 0.332 e. The Morgan fingerprint density at radius 3 is 2.91 bits per heavy atom. The van der Waals surface area contributed by atoms with Crippen LogP contribution in [0.15, 0.2) is 22.6 Å². The number of aromatic amines is 1. The zero-order chi connectivity index (χ0) is 15.0. The van der Waals surface area contributed by atoms with Gasteiger partial charge >= 0.3 is 0 Å². The predicted molar refractivity (Wildman–Crippen MR) is 89.7 cm³/mol. The van der Waals surface area contributed by atoms with Gasteiger partial charge in [0.05, 0.1) is 21.9 Å². The van der Waals surface area contributed by atoms with Crippen LogP contribution in [0.4, 0.5) is 0 Å². The Hall–Kier alpha value is -1.85. The number of aromatic nitrogens is 3. The van der Waals surface area contributed by atoms with Crippen LogP contribution in [0.5, 0.6) is 0 Å². The zero-order valence-corrected chi connectivity index (χ0v) is 13.6. The van der Waals surface area contributed by atoms with Gasteiger partial charge in [-0.25, -0.2) is 4.98 Å². The number of nitriles is 1. The molecule has 0 aliphatic heterocycles. The molecule has 0 atom stereocenters. The lowest BCUT2D eigenvalue weighted by atomic mass is 10.2. The highest BCUT2D eigenvalue weighted by molar-refractivity contribution is 7.14. The summed E-state index contributed by atoms with van der Waals surface area (Å²) in [5.74, 6) is 0. The molecule has 0 aromatic carbocycles. The Labute approximate surface area is 140 Å². The van der Waals surface area contributed by atoms with Crippen LogP contribution in [-0.2, 0) is 6.54 Å². The van der Waals surface area contributed by atoms with Gasteiger partial charge in [0, 0.05) is 13.1 Å². The van der Waals surface area contributed by atoms with Crippen molar-refractivity contribution in [3.05, 3.63) is 38.7 Å². The summed E-state index contributed by atoms with van der Waals surface area (Å²) in [7, 11) is 0. The molecule has 0 saturated carbocycles. The second-order valence-electron chi connectivity index (χ2n) is 4.30. The third-order valence-corrected chi connectivity index (χ3v) is 4.49. The number of hydrogen-bond donors (Lipinski definition) is 2. The lowest BCUT2D eigenvalue weighted by molar-refractivity contribution is 0.738. The molecule has 114 valence electrons. The summed E-state index contributed by atoms with van der Waals surface area (Å²) in [5.41, 5.74) is 7.00. The minimum atomic E-state index is -0.302. The van der Waals surface area contributed by atoms with Crippen molar-refractivity contribution in [3.8, 4) is 16.6 Å². The van der Waals surface area contributed by atoms with E-state index < -0.39 is 0 Å². The summed E-state index contributed by atoms with van der Waals surface area (Å²) in [6.45, 7) is 0.732. The van der Waals surface area contributed by atoms with Crippen molar-refractivity contribution in [3.63, 3.8) is 0 Å². The number of H-pyrrole nitrogens is 1. The van der Waals surface area contributed by atoms with Crippen LogP contribution >= 0.6 is 35.3 Å². The van der Waals surface area contributed by atoms with Gasteiger partial charge in [0.1, 0.15) is 22.7 Å². The quantitative estimate of drug-likeness (QED) is 0.752. The second kappa shape index (κ2) is 6.50. The molecule has 9 heteroatoms. The Morgan fingerprint density at radius 2 is 2.32 bits per heavy atom. The summed E-state index contributed by atoms with van der Waals surface area (Å²) >= 11 is 7.60. The maximum Gasteiger partial charge on any atom is 0.275 e. The van der Waals surface area contributed by atoms with Crippen LogP contribution in [-0.4, -0.2) is 21.1 Å². The molecule has 6 nitrogen and oxygen atoms in total. The van der Waals surface area contributed by atoms with Gasteiger partial charge in [-0.3, -0.25) is 4.79 Å². The maximum atomic E-state index is 12.1. The van der Waals surface area contributed by atoms with Gasteiger partial charge in [-0.1, -0.05) is 11.6 Å². The molecule has 0 fully saturated rings. The first-order valence-electron chi connectivity index (χ1n) is 6.12. The zero-order valence-electron chi connectivity index (χ0n) is 11.2. The van der Waals surface area contributed by atoms with E-state index in [0.717, 1.165) is 4.88 Å². The SMILES string of the molecule is Cl.N#Cc1c(-c2sccc2Cl)n(CCN)c2c(=O)[nH]cnc12. The highest BCUT2D eigenvalue weighted by Crippen LogP contribution is 2.38. The third-order valence-electron chi connectivity index (χ3n) is 3.14. The fourth-order valence-electron chi connectivity index (χ4n) is 2.34. The van der Waals surface area contributed by atoms with E-state index in [9.17, 15) is 10.1 Å². The van der Waals surface area contributed by atoms with Crippen molar-refractivity contribution in [1.82, 2.24) is 14.5 Å². The summed E-state index contributed by atoms with van der Waals surface area (Å²) in [4.78, 5) is 19.5. The number of nitrogens with one attached hydrogen (secondary N) is 1. The monoisotopic (exact) mass is 355 g/mol. The molecule has 0 unspecified atom stereocenters. The first-order valence-corrected chi connectivity index (χ1v) is 7.38. The first-order chi connectivity index (χ1) is 10.2. The van der Waals surface area contributed by atoms with Crippen molar-refractivity contribution < 1.29 is 0 Å². The van der Waals surface area contributed by atoms with Gasteiger partial charge in [0.2, 0.25) is 0 Å². The van der Waals surface area contributed by atoms with Crippen molar-refractivity contribution in [1.29, 1.82) is 5.26 Å². The lowest BCUT2D eigenvalue weighted by Gasteiger charge is -2.08. The van der Waals surface area contributed by atoms with Gasteiger partial charge in [-0.15, -0.1) is 23.7 Å². The molecular formula is C13H11Cl2N5OS. The Bertz CT molecular complexity index is 921. The number of fused-ring (bicyclic) bond motifs is 1. The predicted octanol–water partition coefficient (Wildman–Crippen LogP) is 2.36. The lowest BCUT2D eigenvalue weighted by Crippen LogP contribution is -2.16. The molecule has 0 aliphatic carbocycles. The van der Waals surface area contributed by atoms with E-state index in [0.29, 0.717) is 40.4 Å². The summed E-state index contributed by atoms with van der Waals surface area (Å²) < 4.78 is 1.72. The van der Waals surface area contributed by atoms with E-state index in [1.54, 1.807) is 10.6 Å². The molecule has 3 rings (SSSR count). The molecule has 0 radical (unpaired) electrons. The third kappa shape index (κ3) is 2.40. The molecule has 0 aliphatic rings. The van der Waals surface area contributed by atoms with E-state index >= 15 is 0 Å². The highest BCUT2D eigenvalue weighted by Gasteiger charge is 2.23. The fourth-order valence-corrected chi connectivity index (χ4v) is 3.55. The van der Waals surface area contributed by atoms with Crippen LogP contribution < -0.4 is 11.3 Å². The van der Waals surface area contributed by atoms with E-state index in [2.05, 4.69) is 16.0 Å². The maximum absolute atomic E-state index is 12.1. The smallest absolute Gasteiger partial charge is 0.275 e. The first kappa shape index (κ1) is 16.5. The Kier molecular flexibility index (Phi) is 4.88. The van der Waals surface area contributed by atoms with Gasteiger partial charge in [-0.05, 0) is 11.4 Å². The average molecular weight is 356 g/mol. The number of hydrogen-bond acceptors (Lipinski definition) is 5. The molecule has 3 heterocycles.